The number of nitrogens with zero attached hydrogens (tertiary/aromatic N) is 1. The molecule has 5 heteroatoms. The van der Waals surface area contributed by atoms with Gasteiger partial charge in [-0.15, -0.1) is 0 Å². The SMILES string of the molecule is CC(=O)c1cc(Br)ccc1N1CCNC(=O)C1. The van der Waals surface area contributed by atoms with Gasteiger partial charge in [-0.2, -0.15) is 0 Å². The van der Waals surface area contributed by atoms with E-state index in [-0.39, 0.29) is 11.7 Å². The topological polar surface area (TPSA) is 49.4 Å². The first-order valence-electron chi connectivity index (χ1n) is 5.40. The molecule has 1 aliphatic heterocycles. The number of carbonyl (C=O) groups is 2. The van der Waals surface area contributed by atoms with Crippen LogP contribution in [0.25, 0.3) is 0 Å². The number of hydrogen-bond acceptors (Lipinski definition) is 3. The van der Waals surface area contributed by atoms with Crippen molar-refractivity contribution in [1.29, 1.82) is 0 Å². The normalized spacial score (nSPS) is 15.6. The number of anilines is 1. The van der Waals surface area contributed by atoms with E-state index in [0.29, 0.717) is 18.7 Å². The predicted molar refractivity (Wildman–Crippen MR) is 69.4 cm³/mol. The second kappa shape index (κ2) is 4.87. The molecule has 0 atom stereocenters. The molecule has 17 heavy (non-hydrogen) atoms. The number of Topliss-reactive ketones (excluding diaryl/α,β-unsaturated/α-hetero) is 1. The summed E-state index contributed by atoms with van der Waals surface area (Å²) < 4.78 is 0.868. The van der Waals surface area contributed by atoms with Crippen molar-refractivity contribution in [2.75, 3.05) is 24.5 Å². The molecule has 1 fully saturated rings. The van der Waals surface area contributed by atoms with Crippen LogP contribution in [0, 0.1) is 0 Å². The Morgan fingerprint density at radius 3 is 2.88 bits per heavy atom. The van der Waals surface area contributed by atoms with Crippen molar-refractivity contribution in [3.63, 3.8) is 0 Å². The summed E-state index contributed by atoms with van der Waals surface area (Å²) in [6.07, 6.45) is 0. The number of hydrogen-bond donors (Lipinski definition) is 1. The van der Waals surface area contributed by atoms with Crippen LogP contribution in [0.3, 0.4) is 0 Å². The molecule has 1 aromatic rings. The van der Waals surface area contributed by atoms with Crippen LogP contribution < -0.4 is 10.2 Å². The Bertz CT molecular complexity index is 474. The lowest BCUT2D eigenvalue weighted by atomic mass is 10.1. The average molecular weight is 297 g/mol. The molecule has 1 amide bonds. The number of nitrogens with one attached hydrogen (secondary N) is 1. The summed E-state index contributed by atoms with van der Waals surface area (Å²) in [5.41, 5.74) is 1.48. The molecule has 0 radical (unpaired) electrons. The van der Waals surface area contributed by atoms with Crippen LogP contribution in [0.1, 0.15) is 17.3 Å². The van der Waals surface area contributed by atoms with Crippen molar-refractivity contribution in [1.82, 2.24) is 5.32 Å². The average Bonchev–Trinajstić information content (AvgIpc) is 2.28. The van der Waals surface area contributed by atoms with E-state index in [4.69, 9.17) is 0 Å². The Morgan fingerprint density at radius 1 is 1.47 bits per heavy atom. The Kier molecular flexibility index (Phi) is 3.47. The summed E-state index contributed by atoms with van der Waals surface area (Å²) >= 11 is 3.35. The first-order valence-corrected chi connectivity index (χ1v) is 6.19. The molecule has 1 aromatic carbocycles. The number of benzene rings is 1. The molecule has 90 valence electrons. The van der Waals surface area contributed by atoms with E-state index in [2.05, 4.69) is 21.2 Å². The molecule has 0 spiro atoms. The fourth-order valence-electron chi connectivity index (χ4n) is 1.91. The first-order chi connectivity index (χ1) is 8.08. The van der Waals surface area contributed by atoms with Crippen molar-refractivity contribution < 1.29 is 9.59 Å². The zero-order chi connectivity index (χ0) is 12.4. The van der Waals surface area contributed by atoms with Gasteiger partial charge in [-0.1, -0.05) is 15.9 Å². The van der Waals surface area contributed by atoms with Gasteiger partial charge in [0.25, 0.3) is 0 Å². The van der Waals surface area contributed by atoms with Gasteiger partial charge in [-0.05, 0) is 25.1 Å². The van der Waals surface area contributed by atoms with Gasteiger partial charge in [0.05, 0.1) is 6.54 Å². The van der Waals surface area contributed by atoms with Crippen LogP contribution in [0.4, 0.5) is 5.69 Å². The molecule has 0 saturated carbocycles. The van der Waals surface area contributed by atoms with E-state index in [1.54, 1.807) is 6.07 Å². The lowest BCUT2D eigenvalue weighted by Gasteiger charge is -2.30. The van der Waals surface area contributed by atoms with E-state index in [9.17, 15) is 9.59 Å². The maximum Gasteiger partial charge on any atom is 0.239 e. The molecule has 0 unspecified atom stereocenters. The molecule has 2 rings (SSSR count). The van der Waals surface area contributed by atoms with Crippen LogP contribution in [0.2, 0.25) is 0 Å². The van der Waals surface area contributed by atoms with Gasteiger partial charge in [0.2, 0.25) is 5.91 Å². The summed E-state index contributed by atoms with van der Waals surface area (Å²) in [5.74, 6) is 0.000882. The van der Waals surface area contributed by atoms with Crippen molar-refractivity contribution in [2.45, 2.75) is 6.92 Å². The number of piperazine rings is 1. The number of carbonyl (C=O) groups excluding carboxylic acids is 2. The Labute approximate surface area is 108 Å². The molecular weight excluding hydrogens is 284 g/mol. The lowest BCUT2D eigenvalue weighted by molar-refractivity contribution is -0.120. The summed E-state index contributed by atoms with van der Waals surface area (Å²) in [4.78, 5) is 24.9. The minimum atomic E-state index is -0.00586. The van der Waals surface area contributed by atoms with Gasteiger partial charge >= 0.3 is 0 Å². The van der Waals surface area contributed by atoms with Gasteiger partial charge in [0.1, 0.15) is 0 Å². The van der Waals surface area contributed by atoms with Crippen LogP contribution in [-0.2, 0) is 4.79 Å². The Hall–Kier alpha value is -1.36. The summed E-state index contributed by atoms with van der Waals surface area (Å²) in [5, 5.41) is 2.77. The fraction of sp³-hybridized carbons (Fsp3) is 0.333. The van der Waals surface area contributed by atoms with E-state index >= 15 is 0 Å². The van der Waals surface area contributed by atoms with Crippen molar-refractivity contribution in [2.24, 2.45) is 0 Å². The molecule has 1 saturated heterocycles. The van der Waals surface area contributed by atoms with Crippen LogP contribution >= 0.6 is 15.9 Å². The molecule has 1 aliphatic rings. The van der Waals surface area contributed by atoms with Gasteiger partial charge in [0, 0.05) is 28.8 Å². The highest BCUT2D eigenvalue weighted by molar-refractivity contribution is 9.10. The number of halogens is 1. The van der Waals surface area contributed by atoms with E-state index < -0.39 is 0 Å². The minimum absolute atomic E-state index is 0.00586. The Balaban J connectivity index is 2.37. The van der Waals surface area contributed by atoms with Crippen molar-refractivity contribution in [3.05, 3.63) is 28.2 Å². The summed E-state index contributed by atoms with van der Waals surface area (Å²) in [6.45, 7) is 3.19. The highest BCUT2D eigenvalue weighted by Gasteiger charge is 2.20. The third kappa shape index (κ3) is 2.66. The van der Waals surface area contributed by atoms with E-state index in [1.807, 2.05) is 17.0 Å². The van der Waals surface area contributed by atoms with Crippen molar-refractivity contribution in [3.8, 4) is 0 Å². The predicted octanol–water partition coefficient (Wildman–Crippen LogP) is 1.59. The van der Waals surface area contributed by atoms with E-state index in [1.165, 1.54) is 6.92 Å². The highest BCUT2D eigenvalue weighted by Crippen LogP contribution is 2.25. The number of ketones is 1. The molecular formula is C12H13BrN2O2. The van der Waals surface area contributed by atoms with Gasteiger partial charge in [-0.25, -0.2) is 0 Å². The minimum Gasteiger partial charge on any atom is -0.360 e. The summed E-state index contributed by atoms with van der Waals surface area (Å²) in [7, 11) is 0. The first kappa shape index (κ1) is 12.1. The molecule has 4 nitrogen and oxygen atoms in total. The lowest BCUT2D eigenvalue weighted by Crippen LogP contribution is -2.48. The van der Waals surface area contributed by atoms with Gasteiger partial charge < -0.3 is 10.2 Å². The Morgan fingerprint density at radius 2 is 2.24 bits per heavy atom. The quantitative estimate of drug-likeness (QED) is 0.843. The maximum atomic E-state index is 11.6. The molecule has 1 N–H and O–H groups in total. The zero-order valence-electron chi connectivity index (χ0n) is 9.50. The molecule has 0 aliphatic carbocycles. The monoisotopic (exact) mass is 296 g/mol. The molecule has 1 heterocycles. The van der Waals surface area contributed by atoms with Crippen LogP contribution in [-0.4, -0.2) is 31.3 Å². The molecule has 0 bridgehead atoms. The second-order valence-electron chi connectivity index (χ2n) is 3.99. The number of rotatable bonds is 2. The fourth-order valence-corrected chi connectivity index (χ4v) is 2.27. The largest absolute Gasteiger partial charge is 0.360 e. The highest BCUT2D eigenvalue weighted by atomic mass is 79.9. The van der Waals surface area contributed by atoms with Gasteiger partial charge in [0.15, 0.2) is 5.78 Å². The van der Waals surface area contributed by atoms with Gasteiger partial charge in [-0.3, -0.25) is 9.59 Å². The zero-order valence-corrected chi connectivity index (χ0v) is 11.1. The van der Waals surface area contributed by atoms with Crippen molar-refractivity contribution >= 4 is 33.3 Å². The van der Waals surface area contributed by atoms with Crippen LogP contribution in [0.15, 0.2) is 22.7 Å². The maximum absolute atomic E-state index is 11.6. The summed E-state index contributed by atoms with van der Waals surface area (Å²) in [6, 6.07) is 5.55. The second-order valence-corrected chi connectivity index (χ2v) is 4.90. The smallest absolute Gasteiger partial charge is 0.239 e. The van der Waals surface area contributed by atoms with E-state index in [0.717, 1.165) is 16.7 Å². The van der Waals surface area contributed by atoms with Crippen LogP contribution in [0.5, 0.6) is 0 Å². The third-order valence-corrected chi connectivity index (χ3v) is 3.21. The third-order valence-electron chi connectivity index (χ3n) is 2.72. The molecule has 0 aromatic heterocycles. The number of amides is 1. The standard InChI is InChI=1S/C12H13BrN2O2/c1-8(16)10-6-9(13)2-3-11(10)15-5-4-14-12(17)7-15/h2-3,6H,4-5,7H2,1H3,(H,14,17).